The van der Waals surface area contributed by atoms with E-state index in [0.717, 1.165) is 23.1 Å². The zero-order valence-electron chi connectivity index (χ0n) is 12.1. The van der Waals surface area contributed by atoms with E-state index in [9.17, 15) is 8.42 Å². The largest absolute Gasteiger partial charge is 0.326 e. The summed E-state index contributed by atoms with van der Waals surface area (Å²) in [7, 11) is -3.63. The summed E-state index contributed by atoms with van der Waals surface area (Å²) in [6.07, 6.45) is 3.97. The topological polar surface area (TPSA) is 85.1 Å². The molecule has 3 N–H and O–H groups in total. The third-order valence-corrected chi connectivity index (χ3v) is 4.59. The summed E-state index contributed by atoms with van der Waals surface area (Å²) in [4.78, 5) is 4.19. The molecule has 1 aromatic heterocycles. The first-order chi connectivity index (χ1) is 9.96. The van der Waals surface area contributed by atoms with Crippen molar-refractivity contribution in [3.63, 3.8) is 0 Å². The van der Waals surface area contributed by atoms with Gasteiger partial charge in [0.1, 0.15) is 0 Å². The fourth-order valence-electron chi connectivity index (χ4n) is 2.13. The van der Waals surface area contributed by atoms with Gasteiger partial charge in [-0.05, 0) is 48.2 Å². The normalized spacial score (nSPS) is 11.4. The van der Waals surface area contributed by atoms with Crippen LogP contribution >= 0.6 is 0 Å². The van der Waals surface area contributed by atoms with Gasteiger partial charge in [-0.15, -0.1) is 0 Å². The summed E-state index contributed by atoms with van der Waals surface area (Å²) >= 11 is 0. The summed E-state index contributed by atoms with van der Waals surface area (Å²) in [5.74, 6) is 0. The number of hydrogen-bond donors (Lipinski definition) is 2. The van der Waals surface area contributed by atoms with Crippen molar-refractivity contribution in [1.29, 1.82) is 0 Å². The molecule has 0 atom stereocenters. The number of aromatic nitrogens is 1. The number of aryl methyl sites for hydroxylation is 2. The summed E-state index contributed by atoms with van der Waals surface area (Å²) in [5, 5.41) is 0. The molecule has 0 amide bonds. The van der Waals surface area contributed by atoms with Crippen LogP contribution in [-0.4, -0.2) is 13.4 Å². The van der Waals surface area contributed by atoms with Gasteiger partial charge in [-0.3, -0.25) is 9.71 Å². The standard InChI is InChI=1S/C15H19N3O2S/c1-3-12-4-5-15(7-13(12)8-16)21(19,20)18-14-6-11(2)9-17-10-14/h4-7,9-10,18H,3,8,16H2,1-2H3. The molecule has 5 nitrogen and oxygen atoms in total. The first-order valence-corrected chi connectivity index (χ1v) is 8.21. The van der Waals surface area contributed by atoms with Gasteiger partial charge in [-0.2, -0.15) is 0 Å². The van der Waals surface area contributed by atoms with E-state index in [1.165, 1.54) is 6.20 Å². The lowest BCUT2D eigenvalue weighted by Gasteiger charge is -2.11. The molecular weight excluding hydrogens is 286 g/mol. The van der Waals surface area contributed by atoms with Crippen LogP contribution in [0.5, 0.6) is 0 Å². The summed E-state index contributed by atoms with van der Waals surface area (Å²) in [5.41, 5.74) is 8.94. The number of nitrogens with one attached hydrogen (secondary N) is 1. The van der Waals surface area contributed by atoms with Gasteiger partial charge in [0.15, 0.2) is 0 Å². The summed E-state index contributed by atoms with van der Waals surface area (Å²) in [6, 6.07) is 6.77. The van der Waals surface area contributed by atoms with E-state index in [1.54, 1.807) is 24.4 Å². The van der Waals surface area contributed by atoms with Crippen LogP contribution in [-0.2, 0) is 23.0 Å². The molecule has 0 radical (unpaired) electrons. The number of hydrogen-bond acceptors (Lipinski definition) is 4. The van der Waals surface area contributed by atoms with E-state index in [0.29, 0.717) is 12.2 Å². The Balaban J connectivity index is 2.35. The lowest BCUT2D eigenvalue weighted by Crippen LogP contribution is -2.14. The highest BCUT2D eigenvalue weighted by molar-refractivity contribution is 7.92. The minimum atomic E-state index is -3.63. The third kappa shape index (κ3) is 3.59. The van der Waals surface area contributed by atoms with Crippen molar-refractivity contribution in [2.75, 3.05) is 4.72 Å². The molecule has 2 rings (SSSR count). The van der Waals surface area contributed by atoms with Crippen molar-refractivity contribution in [3.05, 3.63) is 53.3 Å². The first-order valence-electron chi connectivity index (χ1n) is 6.72. The van der Waals surface area contributed by atoms with Crippen LogP contribution in [0.15, 0.2) is 41.6 Å². The maximum absolute atomic E-state index is 12.4. The lowest BCUT2D eigenvalue weighted by atomic mass is 10.1. The van der Waals surface area contributed by atoms with Crippen molar-refractivity contribution in [1.82, 2.24) is 4.98 Å². The molecule has 0 saturated heterocycles. The first kappa shape index (κ1) is 15.5. The SMILES string of the molecule is CCc1ccc(S(=O)(=O)Nc2cncc(C)c2)cc1CN. The predicted molar refractivity (Wildman–Crippen MR) is 83.5 cm³/mol. The molecule has 0 unspecified atom stereocenters. The van der Waals surface area contributed by atoms with E-state index < -0.39 is 10.0 Å². The molecule has 0 aliphatic carbocycles. The number of anilines is 1. The maximum atomic E-state index is 12.4. The smallest absolute Gasteiger partial charge is 0.261 e. The Morgan fingerprint density at radius 2 is 1.95 bits per heavy atom. The van der Waals surface area contributed by atoms with Crippen LogP contribution in [0.25, 0.3) is 0 Å². The highest BCUT2D eigenvalue weighted by atomic mass is 32.2. The van der Waals surface area contributed by atoms with Gasteiger partial charge in [0.05, 0.1) is 16.8 Å². The van der Waals surface area contributed by atoms with Gasteiger partial charge in [-0.1, -0.05) is 13.0 Å². The maximum Gasteiger partial charge on any atom is 0.261 e. The number of pyridine rings is 1. The molecule has 6 heteroatoms. The molecule has 0 fully saturated rings. The number of nitrogens with zero attached hydrogens (tertiary/aromatic N) is 1. The molecular formula is C15H19N3O2S. The Hall–Kier alpha value is -1.92. The molecule has 0 spiro atoms. The van der Waals surface area contributed by atoms with Crippen molar-refractivity contribution in [2.24, 2.45) is 5.73 Å². The Morgan fingerprint density at radius 1 is 1.19 bits per heavy atom. The molecule has 112 valence electrons. The van der Waals surface area contributed by atoms with Crippen molar-refractivity contribution in [2.45, 2.75) is 31.7 Å². The fraction of sp³-hybridized carbons (Fsp3) is 0.267. The second-order valence-electron chi connectivity index (χ2n) is 4.84. The molecule has 0 saturated carbocycles. The second-order valence-corrected chi connectivity index (χ2v) is 6.53. The van der Waals surface area contributed by atoms with Crippen molar-refractivity contribution < 1.29 is 8.42 Å². The molecule has 2 aromatic rings. The number of rotatable bonds is 5. The van der Waals surface area contributed by atoms with Gasteiger partial charge < -0.3 is 5.73 Å². The second kappa shape index (κ2) is 6.24. The van der Waals surface area contributed by atoms with E-state index in [-0.39, 0.29) is 4.90 Å². The van der Waals surface area contributed by atoms with Crippen LogP contribution in [0, 0.1) is 6.92 Å². The summed E-state index contributed by atoms with van der Waals surface area (Å²) < 4.78 is 27.3. The lowest BCUT2D eigenvalue weighted by molar-refractivity contribution is 0.601. The minimum absolute atomic E-state index is 0.210. The van der Waals surface area contributed by atoms with Crippen molar-refractivity contribution in [3.8, 4) is 0 Å². The highest BCUT2D eigenvalue weighted by Gasteiger charge is 2.16. The van der Waals surface area contributed by atoms with Crippen LogP contribution in [0.1, 0.15) is 23.6 Å². The van der Waals surface area contributed by atoms with Crippen LogP contribution in [0.2, 0.25) is 0 Å². The van der Waals surface area contributed by atoms with E-state index >= 15 is 0 Å². The van der Waals surface area contributed by atoms with Crippen LogP contribution in [0.4, 0.5) is 5.69 Å². The number of benzene rings is 1. The molecule has 0 aliphatic rings. The van der Waals surface area contributed by atoms with E-state index in [2.05, 4.69) is 9.71 Å². The minimum Gasteiger partial charge on any atom is -0.326 e. The van der Waals surface area contributed by atoms with Gasteiger partial charge in [0, 0.05) is 12.7 Å². The average Bonchev–Trinajstić information content (AvgIpc) is 2.46. The zero-order chi connectivity index (χ0) is 15.5. The van der Waals surface area contributed by atoms with Crippen LogP contribution < -0.4 is 10.5 Å². The van der Waals surface area contributed by atoms with Crippen LogP contribution in [0.3, 0.4) is 0 Å². The van der Waals surface area contributed by atoms with E-state index in [1.807, 2.05) is 19.9 Å². The Morgan fingerprint density at radius 3 is 2.57 bits per heavy atom. The number of nitrogens with two attached hydrogens (primary N) is 1. The molecule has 21 heavy (non-hydrogen) atoms. The molecule has 1 heterocycles. The van der Waals surface area contributed by atoms with Gasteiger partial charge in [0.2, 0.25) is 0 Å². The highest BCUT2D eigenvalue weighted by Crippen LogP contribution is 2.19. The fourth-order valence-corrected chi connectivity index (χ4v) is 3.21. The van der Waals surface area contributed by atoms with E-state index in [4.69, 9.17) is 5.73 Å². The average molecular weight is 305 g/mol. The molecule has 1 aromatic carbocycles. The Labute approximate surface area is 125 Å². The Kier molecular flexibility index (Phi) is 4.59. The van der Waals surface area contributed by atoms with Gasteiger partial charge in [-0.25, -0.2) is 8.42 Å². The molecule has 0 aliphatic heterocycles. The van der Waals surface area contributed by atoms with Gasteiger partial charge >= 0.3 is 0 Å². The summed E-state index contributed by atoms with van der Waals surface area (Å²) in [6.45, 7) is 4.19. The van der Waals surface area contributed by atoms with Gasteiger partial charge in [0.25, 0.3) is 10.0 Å². The predicted octanol–water partition coefficient (Wildman–Crippen LogP) is 2.21. The zero-order valence-corrected chi connectivity index (χ0v) is 12.9. The van der Waals surface area contributed by atoms with Crippen molar-refractivity contribution >= 4 is 15.7 Å². The monoisotopic (exact) mass is 305 g/mol. The number of sulfonamides is 1. The molecule has 0 bridgehead atoms. The Bertz CT molecular complexity index is 742. The quantitative estimate of drug-likeness (QED) is 0.887. The third-order valence-electron chi connectivity index (χ3n) is 3.22.